The molecule has 0 unspecified atom stereocenters. The molecule has 0 aromatic heterocycles. The number of rotatable bonds is 8. The largest absolute Gasteiger partial charge is 0.493 e. The van der Waals surface area contributed by atoms with E-state index in [1.54, 1.807) is 13.2 Å². The van der Waals surface area contributed by atoms with Gasteiger partial charge in [-0.3, -0.25) is 4.79 Å². The predicted octanol–water partition coefficient (Wildman–Crippen LogP) is 3.02. The first kappa shape index (κ1) is 16.1. The van der Waals surface area contributed by atoms with E-state index in [1.165, 1.54) is 6.08 Å². The first-order valence-corrected chi connectivity index (χ1v) is 6.98. The Balaban J connectivity index is 2.73. The maximum absolute atomic E-state index is 11.4. The summed E-state index contributed by atoms with van der Waals surface area (Å²) in [6, 6.07) is 5.63. The molecule has 0 bridgehead atoms. The van der Waals surface area contributed by atoms with Crippen LogP contribution in [0.15, 0.2) is 24.3 Å². The number of amides is 1. The Labute approximate surface area is 120 Å². The van der Waals surface area contributed by atoms with Crippen molar-refractivity contribution < 1.29 is 14.3 Å². The van der Waals surface area contributed by atoms with Gasteiger partial charge in [0, 0.05) is 12.6 Å². The third kappa shape index (κ3) is 5.34. The van der Waals surface area contributed by atoms with E-state index in [2.05, 4.69) is 12.2 Å². The molecule has 0 aliphatic heterocycles. The zero-order chi connectivity index (χ0) is 14.8. The van der Waals surface area contributed by atoms with Crippen LogP contribution in [0.25, 0.3) is 6.08 Å². The van der Waals surface area contributed by atoms with Crippen LogP contribution in [0.3, 0.4) is 0 Å². The highest BCUT2D eigenvalue weighted by atomic mass is 16.5. The summed E-state index contributed by atoms with van der Waals surface area (Å²) in [4.78, 5) is 11.4. The molecule has 0 aliphatic rings. The second-order valence-corrected chi connectivity index (χ2v) is 4.34. The Hall–Kier alpha value is -1.97. The van der Waals surface area contributed by atoms with Crippen LogP contribution in [-0.4, -0.2) is 26.2 Å². The highest BCUT2D eigenvalue weighted by molar-refractivity contribution is 5.91. The topological polar surface area (TPSA) is 47.6 Å². The Kier molecular flexibility index (Phi) is 7.25. The van der Waals surface area contributed by atoms with Gasteiger partial charge in [-0.25, -0.2) is 0 Å². The van der Waals surface area contributed by atoms with Crippen molar-refractivity contribution in [2.45, 2.75) is 26.7 Å². The zero-order valence-corrected chi connectivity index (χ0v) is 12.4. The third-order valence-electron chi connectivity index (χ3n) is 2.72. The molecule has 0 radical (unpaired) electrons. The minimum Gasteiger partial charge on any atom is -0.493 e. The lowest BCUT2D eigenvalue weighted by molar-refractivity contribution is -0.116. The molecular formula is C16H23NO3. The molecule has 0 atom stereocenters. The van der Waals surface area contributed by atoms with Crippen LogP contribution in [0.4, 0.5) is 0 Å². The number of hydrogen-bond acceptors (Lipinski definition) is 3. The van der Waals surface area contributed by atoms with Gasteiger partial charge in [0.15, 0.2) is 11.5 Å². The van der Waals surface area contributed by atoms with Gasteiger partial charge in [0.25, 0.3) is 0 Å². The van der Waals surface area contributed by atoms with Gasteiger partial charge in [-0.2, -0.15) is 0 Å². The fourth-order valence-corrected chi connectivity index (χ4v) is 1.64. The van der Waals surface area contributed by atoms with Gasteiger partial charge in [-0.15, -0.1) is 0 Å². The number of likely N-dealkylation sites (N-methyl/N-ethyl adjacent to an activating group) is 1. The molecule has 1 amide bonds. The summed E-state index contributed by atoms with van der Waals surface area (Å²) in [6.07, 6.45) is 5.37. The van der Waals surface area contributed by atoms with E-state index in [9.17, 15) is 4.79 Å². The molecule has 110 valence electrons. The van der Waals surface area contributed by atoms with E-state index < -0.39 is 0 Å². The van der Waals surface area contributed by atoms with Gasteiger partial charge in [0.1, 0.15) is 0 Å². The van der Waals surface area contributed by atoms with Crippen molar-refractivity contribution in [2.75, 3.05) is 20.3 Å². The van der Waals surface area contributed by atoms with Gasteiger partial charge in [-0.05, 0) is 37.1 Å². The fraction of sp³-hybridized carbons (Fsp3) is 0.438. The zero-order valence-electron chi connectivity index (χ0n) is 12.4. The highest BCUT2D eigenvalue weighted by Gasteiger charge is 2.04. The molecule has 0 aliphatic carbocycles. The molecular weight excluding hydrogens is 254 g/mol. The van der Waals surface area contributed by atoms with Crippen molar-refractivity contribution in [1.29, 1.82) is 0 Å². The molecule has 0 saturated heterocycles. The van der Waals surface area contributed by atoms with E-state index in [0.29, 0.717) is 18.9 Å². The standard InChI is InChI=1S/C16H23NO3/c1-4-6-11-20-14-9-7-13(12-15(14)19-3)8-10-16(18)17-5-2/h7-10,12H,4-6,11H2,1-3H3,(H,17,18)/b10-8+. The Bertz CT molecular complexity index is 455. The Morgan fingerprint density at radius 3 is 2.75 bits per heavy atom. The predicted molar refractivity (Wildman–Crippen MR) is 81.1 cm³/mol. The van der Waals surface area contributed by atoms with Crippen LogP contribution in [0.2, 0.25) is 0 Å². The molecule has 1 aromatic carbocycles. The van der Waals surface area contributed by atoms with Gasteiger partial charge in [-0.1, -0.05) is 19.4 Å². The van der Waals surface area contributed by atoms with E-state index in [0.717, 1.165) is 24.2 Å². The summed E-state index contributed by atoms with van der Waals surface area (Å²) in [5.74, 6) is 1.31. The first-order chi connectivity index (χ1) is 9.71. The lowest BCUT2D eigenvalue weighted by atomic mass is 10.2. The fourth-order valence-electron chi connectivity index (χ4n) is 1.64. The van der Waals surface area contributed by atoms with Crippen LogP contribution in [0.5, 0.6) is 11.5 Å². The van der Waals surface area contributed by atoms with Crippen molar-refractivity contribution >= 4 is 12.0 Å². The maximum Gasteiger partial charge on any atom is 0.243 e. The number of nitrogens with one attached hydrogen (secondary N) is 1. The molecule has 0 fully saturated rings. The molecule has 0 heterocycles. The van der Waals surface area contributed by atoms with Crippen molar-refractivity contribution in [3.8, 4) is 11.5 Å². The average molecular weight is 277 g/mol. The van der Waals surface area contributed by atoms with E-state index in [-0.39, 0.29) is 5.91 Å². The number of methoxy groups -OCH3 is 1. The minimum absolute atomic E-state index is 0.102. The van der Waals surface area contributed by atoms with Crippen LogP contribution in [0.1, 0.15) is 32.3 Å². The third-order valence-corrected chi connectivity index (χ3v) is 2.72. The summed E-state index contributed by atoms with van der Waals surface area (Å²) in [5, 5.41) is 2.71. The molecule has 4 heteroatoms. The molecule has 4 nitrogen and oxygen atoms in total. The lowest BCUT2D eigenvalue weighted by Gasteiger charge is -2.10. The van der Waals surface area contributed by atoms with Crippen LogP contribution >= 0.6 is 0 Å². The van der Waals surface area contributed by atoms with Crippen LogP contribution in [0, 0.1) is 0 Å². The van der Waals surface area contributed by atoms with Crippen LogP contribution < -0.4 is 14.8 Å². The van der Waals surface area contributed by atoms with Gasteiger partial charge in [0.2, 0.25) is 5.91 Å². The first-order valence-electron chi connectivity index (χ1n) is 6.98. The lowest BCUT2D eigenvalue weighted by Crippen LogP contribution is -2.19. The van der Waals surface area contributed by atoms with Crippen molar-refractivity contribution in [3.05, 3.63) is 29.8 Å². The summed E-state index contributed by atoms with van der Waals surface area (Å²) >= 11 is 0. The van der Waals surface area contributed by atoms with Gasteiger partial charge in [0.05, 0.1) is 13.7 Å². The number of carbonyl (C=O) groups excluding carboxylic acids is 1. The minimum atomic E-state index is -0.102. The normalized spacial score (nSPS) is 10.6. The summed E-state index contributed by atoms with van der Waals surface area (Å²) in [7, 11) is 1.61. The van der Waals surface area contributed by atoms with E-state index in [1.807, 2.05) is 25.1 Å². The molecule has 1 rings (SSSR count). The second kappa shape index (κ2) is 9.02. The molecule has 0 spiro atoms. The van der Waals surface area contributed by atoms with Crippen molar-refractivity contribution in [2.24, 2.45) is 0 Å². The van der Waals surface area contributed by atoms with Gasteiger partial charge < -0.3 is 14.8 Å². The quantitative estimate of drug-likeness (QED) is 0.587. The number of benzene rings is 1. The van der Waals surface area contributed by atoms with Crippen LogP contribution in [-0.2, 0) is 4.79 Å². The molecule has 20 heavy (non-hydrogen) atoms. The highest BCUT2D eigenvalue weighted by Crippen LogP contribution is 2.28. The SMILES string of the molecule is CCCCOc1ccc(/C=C/C(=O)NCC)cc1OC. The Morgan fingerprint density at radius 1 is 1.30 bits per heavy atom. The van der Waals surface area contributed by atoms with Gasteiger partial charge >= 0.3 is 0 Å². The summed E-state index contributed by atoms with van der Waals surface area (Å²) < 4.78 is 11.0. The average Bonchev–Trinajstić information content (AvgIpc) is 2.46. The van der Waals surface area contributed by atoms with E-state index >= 15 is 0 Å². The molecule has 1 N–H and O–H groups in total. The second-order valence-electron chi connectivity index (χ2n) is 4.34. The van der Waals surface area contributed by atoms with E-state index in [4.69, 9.17) is 9.47 Å². The van der Waals surface area contributed by atoms with Crippen molar-refractivity contribution in [1.82, 2.24) is 5.32 Å². The smallest absolute Gasteiger partial charge is 0.243 e. The summed E-state index contributed by atoms with van der Waals surface area (Å²) in [6.45, 7) is 5.31. The number of hydrogen-bond donors (Lipinski definition) is 1. The number of carbonyl (C=O) groups is 1. The number of unbranched alkanes of at least 4 members (excludes halogenated alkanes) is 1. The molecule has 1 aromatic rings. The maximum atomic E-state index is 11.4. The van der Waals surface area contributed by atoms with Crippen molar-refractivity contribution in [3.63, 3.8) is 0 Å². The summed E-state index contributed by atoms with van der Waals surface area (Å²) in [5.41, 5.74) is 0.899. The Morgan fingerprint density at radius 2 is 2.10 bits per heavy atom. The number of ether oxygens (including phenoxy) is 2. The monoisotopic (exact) mass is 277 g/mol. The molecule has 0 saturated carbocycles.